The topological polar surface area (TPSA) is 92.1 Å². The van der Waals surface area contributed by atoms with Crippen molar-refractivity contribution in [2.75, 3.05) is 13.1 Å². The Labute approximate surface area is 99.7 Å². The van der Waals surface area contributed by atoms with Crippen LogP contribution in [0.2, 0.25) is 0 Å². The van der Waals surface area contributed by atoms with E-state index in [0.717, 1.165) is 6.42 Å². The van der Waals surface area contributed by atoms with Crippen molar-refractivity contribution in [1.29, 1.82) is 0 Å². The summed E-state index contributed by atoms with van der Waals surface area (Å²) in [6.45, 7) is 4.32. The van der Waals surface area contributed by atoms with E-state index in [1.807, 2.05) is 6.92 Å². The number of hydrogen-bond acceptors (Lipinski definition) is 4. The number of rotatable bonds is 5. The minimum absolute atomic E-state index is 0.00456. The first-order valence-corrected chi connectivity index (χ1v) is 5.40. The maximum absolute atomic E-state index is 12.0. The van der Waals surface area contributed by atoms with E-state index in [1.54, 1.807) is 19.1 Å². The summed E-state index contributed by atoms with van der Waals surface area (Å²) in [6, 6.07) is 3.34. The Morgan fingerprint density at radius 1 is 1.59 bits per heavy atom. The molecule has 1 aromatic rings. The number of amides is 1. The van der Waals surface area contributed by atoms with Crippen molar-refractivity contribution in [3.8, 4) is 0 Å². The van der Waals surface area contributed by atoms with Crippen molar-refractivity contribution < 1.29 is 14.4 Å². The van der Waals surface area contributed by atoms with Gasteiger partial charge in [-0.15, -0.1) is 0 Å². The van der Waals surface area contributed by atoms with Crippen LogP contribution in [0, 0.1) is 6.92 Å². The van der Waals surface area contributed by atoms with Crippen molar-refractivity contribution in [2.24, 2.45) is 10.9 Å². The van der Waals surface area contributed by atoms with Crippen LogP contribution in [0.5, 0.6) is 0 Å². The van der Waals surface area contributed by atoms with Gasteiger partial charge in [-0.25, -0.2) is 0 Å². The largest absolute Gasteiger partial charge is 0.456 e. The average Bonchev–Trinajstić information content (AvgIpc) is 2.74. The van der Waals surface area contributed by atoms with Gasteiger partial charge in [0.25, 0.3) is 5.91 Å². The number of oxime groups is 1. The highest BCUT2D eigenvalue weighted by molar-refractivity contribution is 5.94. The Bertz CT molecular complexity index is 412. The normalized spacial score (nSPS) is 11.5. The second kappa shape index (κ2) is 5.93. The maximum Gasteiger partial charge on any atom is 0.289 e. The summed E-state index contributed by atoms with van der Waals surface area (Å²) in [5, 5.41) is 11.4. The number of furan rings is 1. The molecular formula is C11H17N3O3. The third-order valence-electron chi connectivity index (χ3n) is 2.21. The Kier molecular flexibility index (Phi) is 4.56. The standard InChI is InChI=1S/C11H17N3O3/c1-3-6-14(7-10(12)13-16)11(15)9-5-4-8(2)17-9/h4-5,16H,3,6-7H2,1-2H3,(H2,12,13). The fraction of sp³-hybridized carbons (Fsp3) is 0.455. The Hall–Kier alpha value is -1.98. The van der Waals surface area contributed by atoms with Gasteiger partial charge in [0.05, 0.1) is 6.54 Å². The van der Waals surface area contributed by atoms with Gasteiger partial charge in [-0.05, 0) is 25.5 Å². The fourth-order valence-corrected chi connectivity index (χ4v) is 1.45. The molecule has 0 aromatic carbocycles. The molecule has 0 bridgehead atoms. The number of nitrogens with zero attached hydrogens (tertiary/aromatic N) is 2. The lowest BCUT2D eigenvalue weighted by Crippen LogP contribution is -2.38. The van der Waals surface area contributed by atoms with Crippen LogP contribution in [0.1, 0.15) is 29.7 Å². The van der Waals surface area contributed by atoms with Gasteiger partial charge >= 0.3 is 0 Å². The van der Waals surface area contributed by atoms with Crippen LogP contribution in [-0.4, -0.2) is 34.9 Å². The van der Waals surface area contributed by atoms with Crippen molar-refractivity contribution in [3.05, 3.63) is 23.7 Å². The number of aryl methyl sites for hydroxylation is 1. The number of carbonyl (C=O) groups is 1. The van der Waals surface area contributed by atoms with Gasteiger partial charge in [-0.2, -0.15) is 0 Å². The molecule has 94 valence electrons. The van der Waals surface area contributed by atoms with E-state index >= 15 is 0 Å². The quantitative estimate of drug-likeness (QED) is 0.349. The molecule has 1 amide bonds. The molecule has 3 N–H and O–H groups in total. The zero-order chi connectivity index (χ0) is 12.8. The Morgan fingerprint density at radius 2 is 2.29 bits per heavy atom. The van der Waals surface area contributed by atoms with E-state index in [9.17, 15) is 4.79 Å². The van der Waals surface area contributed by atoms with Gasteiger partial charge in [0, 0.05) is 6.54 Å². The van der Waals surface area contributed by atoms with Crippen molar-refractivity contribution in [1.82, 2.24) is 4.90 Å². The lowest BCUT2D eigenvalue weighted by Gasteiger charge is -2.19. The minimum atomic E-state index is -0.258. The molecule has 0 aliphatic rings. The predicted octanol–water partition coefficient (Wildman–Crippen LogP) is 1.19. The first-order chi connectivity index (χ1) is 8.08. The van der Waals surface area contributed by atoms with E-state index in [-0.39, 0.29) is 24.0 Å². The van der Waals surface area contributed by atoms with E-state index in [0.29, 0.717) is 12.3 Å². The highest BCUT2D eigenvalue weighted by atomic mass is 16.4. The van der Waals surface area contributed by atoms with Crippen LogP contribution < -0.4 is 5.73 Å². The zero-order valence-corrected chi connectivity index (χ0v) is 10.0. The SMILES string of the molecule is CCCN(CC(N)=NO)C(=O)c1ccc(C)o1. The third-order valence-corrected chi connectivity index (χ3v) is 2.21. The predicted molar refractivity (Wildman–Crippen MR) is 63.0 cm³/mol. The monoisotopic (exact) mass is 239 g/mol. The summed E-state index contributed by atoms with van der Waals surface area (Å²) in [5.74, 6) is 0.678. The molecule has 1 rings (SSSR count). The second-order valence-corrected chi connectivity index (χ2v) is 3.73. The van der Waals surface area contributed by atoms with Crippen LogP contribution in [0.4, 0.5) is 0 Å². The van der Waals surface area contributed by atoms with Crippen LogP contribution >= 0.6 is 0 Å². The first kappa shape index (κ1) is 13.1. The molecule has 1 aromatic heterocycles. The maximum atomic E-state index is 12.0. The summed E-state index contributed by atoms with van der Waals surface area (Å²) in [6.07, 6.45) is 0.782. The lowest BCUT2D eigenvalue weighted by molar-refractivity contribution is 0.0745. The van der Waals surface area contributed by atoms with E-state index in [2.05, 4.69) is 5.16 Å². The van der Waals surface area contributed by atoms with Gasteiger partial charge < -0.3 is 20.3 Å². The number of nitrogens with two attached hydrogens (primary N) is 1. The van der Waals surface area contributed by atoms with Crippen LogP contribution in [-0.2, 0) is 0 Å². The molecule has 0 fully saturated rings. The highest BCUT2D eigenvalue weighted by Gasteiger charge is 2.19. The summed E-state index contributed by atoms with van der Waals surface area (Å²) in [4.78, 5) is 13.5. The number of carbonyl (C=O) groups excluding carboxylic acids is 1. The first-order valence-electron chi connectivity index (χ1n) is 5.40. The van der Waals surface area contributed by atoms with Crippen molar-refractivity contribution >= 4 is 11.7 Å². The Morgan fingerprint density at radius 3 is 2.76 bits per heavy atom. The lowest BCUT2D eigenvalue weighted by atomic mass is 10.3. The minimum Gasteiger partial charge on any atom is -0.456 e. The molecule has 1 heterocycles. The molecule has 0 saturated heterocycles. The summed E-state index contributed by atoms with van der Waals surface area (Å²) in [7, 11) is 0. The average molecular weight is 239 g/mol. The number of hydrogen-bond donors (Lipinski definition) is 2. The zero-order valence-electron chi connectivity index (χ0n) is 10.0. The smallest absolute Gasteiger partial charge is 0.289 e. The summed E-state index contributed by atoms with van der Waals surface area (Å²) >= 11 is 0. The van der Waals surface area contributed by atoms with Crippen LogP contribution in [0.3, 0.4) is 0 Å². The van der Waals surface area contributed by atoms with Gasteiger partial charge in [-0.1, -0.05) is 12.1 Å². The van der Waals surface area contributed by atoms with E-state index in [4.69, 9.17) is 15.4 Å². The molecular weight excluding hydrogens is 222 g/mol. The molecule has 0 unspecified atom stereocenters. The molecule has 0 aliphatic carbocycles. The molecule has 0 saturated carbocycles. The molecule has 17 heavy (non-hydrogen) atoms. The molecule has 6 nitrogen and oxygen atoms in total. The van der Waals surface area contributed by atoms with Crippen molar-refractivity contribution in [3.63, 3.8) is 0 Å². The van der Waals surface area contributed by atoms with Gasteiger partial charge in [0.2, 0.25) is 0 Å². The molecule has 0 atom stereocenters. The van der Waals surface area contributed by atoms with Gasteiger partial charge in [0.1, 0.15) is 5.76 Å². The van der Waals surface area contributed by atoms with Crippen LogP contribution in [0.15, 0.2) is 21.7 Å². The third kappa shape index (κ3) is 3.51. The summed E-state index contributed by atoms with van der Waals surface area (Å²) < 4.78 is 5.25. The molecule has 0 aliphatic heterocycles. The Balaban J connectivity index is 2.80. The second-order valence-electron chi connectivity index (χ2n) is 3.73. The molecule has 6 heteroatoms. The van der Waals surface area contributed by atoms with Crippen molar-refractivity contribution in [2.45, 2.75) is 20.3 Å². The highest BCUT2D eigenvalue weighted by Crippen LogP contribution is 2.10. The molecule has 0 spiro atoms. The fourth-order valence-electron chi connectivity index (χ4n) is 1.45. The van der Waals surface area contributed by atoms with E-state index < -0.39 is 0 Å². The number of amidine groups is 1. The van der Waals surface area contributed by atoms with Gasteiger partial charge in [0.15, 0.2) is 11.6 Å². The molecule has 0 radical (unpaired) electrons. The summed E-state index contributed by atoms with van der Waals surface area (Å²) in [5.41, 5.74) is 5.40. The van der Waals surface area contributed by atoms with Gasteiger partial charge in [-0.3, -0.25) is 4.79 Å². The van der Waals surface area contributed by atoms with E-state index in [1.165, 1.54) is 4.90 Å². The van der Waals surface area contributed by atoms with Crippen LogP contribution in [0.25, 0.3) is 0 Å².